The van der Waals surface area contributed by atoms with Gasteiger partial charge in [0.15, 0.2) is 0 Å². The molecule has 0 bridgehead atoms. The van der Waals surface area contributed by atoms with E-state index in [4.69, 9.17) is 14.2 Å². The zero-order chi connectivity index (χ0) is 20.3. The lowest BCUT2D eigenvalue weighted by molar-refractivity contribution is -0.136. The molecule has 1 N–H and O–H groups in total. The molecule has 6 heteroatoms. The van der Waals surface area contributed by atoms with Crippen molar-refractivity contribution >= 4 is 17.6 Å². The van der Waals surface area contributed by atoms with Gasteiger partial charge in [0.2, 0.25) is 0 Å². The Labute approximate surface area is 162 Å². The maximum absolute atomic E-state index is 12.7. The molecule has 1 rings (SSSR count). The van der Waals surface area contributed by atoms with Crippen LogP contribution < -0.4 is 10.1 Å². The van der Waals surface area contributed by atoms with E-state index in [1.807, 2.05) is 0 Å². The molecule has 0 spiro atoms. The number of ether oxygens (including phenoxy) is 3. The first kappa shape index (κ1) is 23.0. The molecule has 0 heterocycles. The third-order valence-electron chi connectivity index (χ3n) is 4.59. The second kappa shape index (κ2) is 11.6. The zero-order valence-corrected chi connectivity index (χ0v) is 17.2. The summed E-state index contributed by atoms with van der Waals surface area (Å²) in [5.41, 5.74) is -0.129. The summed E-state index contributed by atoms with van der Waals surface area (Å²) in [4.78, 5) is 24.8. The number of anilines is 1. The standard InChI is InChI=1S/C21H33NO5/c1-6-8-10-13-21(3,26-5)20(24)22-16-11-12-18(27-14-9-7-2)17(15-16)19(23)25-4/h11-12,15H,6-10,13-14H2,1-5H3,(H,22,24)/t21-/m1/s1. The molecule has 0 unspecified atom stereocenters. The molecular weight excluding hydrogens is 346 g/mol. The third kappa shape index (κ3) is 6.86. The highest BCUT2D eigenvalue weighted by atomic mass is 16.5. The van der Waals surface area contributed by atoms with Crippen LogP contribution in [0, 0.1) is 0 Å². The van der Waals surface area contributed by atoms with E-state index in [1.54, 1.807) is 25.1 Å². The van der Waals surface area contributed by atoms with Crippen LogP contribution in [-0.4, -0.2) is 38.3 Å². The minimum Gasteiger partial charge on any atom is -0.493 e. The summed E-state index contributed by atoms with van der Waals surface area (Å²) in [5.74, 6) is -0.294. The van der Waals surface area contributed by atoms with Crippen molar-refractivity contribution in [3.8, 4) is 5.75 Å². The van der Waals surface area contributed by atoms with E-state index < -0.39 is 11.6 Å². The van der Waals surface area contributed by atoms with Gasteiger partial charge in [-0.15, -0.1) is 0 Å². The maximum Gasteiger partial charge on any atom is 0.341 e. The van der Waals surface area contributed by atoms with Crippen LogP contribution in [0.4, 0.5) is 5.69 Å². The van der Waals surface area contributed by atoms with Crippen molar-refractivity contribution < 1.29 is 23.8 Å². The van der Waals surface area contributed by atoms with E-state index in [1.165, 1.54) is 14.2 Å². The zero-order valence-electron chi connectivity index (χ0n) is 17.2. The Morgan fingerprint density at radius 2 is 1.78 bits per heavy atom. The molecule has 1 amide bonds. The lowest BCUT2D eigenvalue weighted by Crippen LogP contribution is -2.42. The molecule has 0 aliphatic carbocycles. The van der Waals surface area contributed by atoms with Gasteiger partial charge in [0.25, 0.3) is 5.91 Å². The van der Waals surface area contributed by atoms with Crippen LogP contribution in [0.25, 0.3) is 0 Å². The summed E-state index contributed by atoms with van der Waals surface area (Å²) in [5, 5.41) is 2.85. The van der Waals surface area contributed by atoms with E-state index >= 15 is 0 Å². The molecular formula is C21H33NO5. The minimum atomic E-state index is -0.920. The summed E-state index contributed by atoms with van der Waals surface area (Å²) < 4.78 is 16.0. The molecule has 1 atom stereocenters. The number of rotatable bonds is 12. The SMILES string of the molecule is CCCCC[C@@](C)(OC)C(=O)Nc1ccc(OCCCC)c(C(=O)OC)c1. The number of carbonyl (C=O) groups excluding carboxylic acids is 2. The second-order valence-electron chi connectivity index (χ2n) is 6.75. The average molecular weight is 379 g/mol. The highest BCUT2D eigenvalue weighted by Gasteiger charge is 2.32. The number of benzene rings is 1. The monoisotopic (exact) mass is 379 g/mol. The van der Waals surface area contributed by atoms with Crippen LogP contribution in [0.1, 0.15) is 69.7 Å². The summed E-state index contributed by atoms with van der Waals surface area (Å²) in [6.45, 7) is 6.48. The van der Waals surface area contributed by atoms with Gasteiger partial charge < -0.3 is 19.5 Å². The first-order valence-electron chi connectivity index (χ1n) is 9.63. The summed E-state index contributed by atoms with van der Waals surface area (Å²) in [6, 6.07) is 4.97. The third-order valence-corrected chi connectivity index (χ3v) is 4.59. The molecule has 0 aromatic heterocycles. The summed E-state index contributed by atoms with van der Waals surface area (Å²) >= 11 is 0. The fourth-order valence-electron chi connectivity index (χ4n) is 2.61. The van der Waals surface area contributed by atoms with Crippen LogP contribution in [0.15, 0.2) is 18.2 Å². The minimum absolute atomic E-state index is 0.239. The van der Waals surface area contributed by atoms with Gasteiger partial charge in [0.05, 0.1) is 13.7 Å². The molecule has 0 aliphatic rings. The van der Waals surface area contributed by atoms with Crippen LogP contribution in [-0.2, 0) is 14.3 Å². The van der Waals surface area contributed by atoms with E-state index in [-0.39, 0.29) is 11.5 Å². The van der Waals surface area contributed by atoms with Gasteiger partial charge in [-0.05, 0) is 38.0 Å². The van der Waals surface area contributed by atoms with Crippen LogP contribution >= 0.6 is 0 Å². The van der Waals surface area contributed by atoms with Gasteiger partial charge in [-0.1, -0.05) is 39.5 Å². The smallest absolute Gasteiger partial charge is 0.341 e. The Balaban J connectivity index is 2.95. The molecule has 0 aliphatic heterocycles. The Bertz CT molecular complexity index is 617. The molecule has 27 heavy (non-hydrogen) atoms. The van der Waals surface area contributed by atoms with Crippen LogP contribution in [0.5, 0.6) is 5.75 Å². The van der Waals surface area contributed by atoms with Gasteiger partial charge in [0, 0.05) is 12.8 Å². The second-order valence-corrected chi connectivity index (χ2v) is 6.75. The lowest BCUT2D eigenvalue weighted by atomic mass is 9.96. The molecule has 152 valence electrons. The fraction of sp³-hybridized carbons (Fsp3) is 0.619. The average Bonchev–Trinajstić information content (AvgIpc) is 2.68. The number of hydrogen-bond donors (Lipinski definition) is 1. The quantitative estimate of drug-likeness (QED) is 0.425. The van der Waals surface area contributed by atoms with Gasteiger partial charge >= 0.3 is 5.97 Å². The number of carbonyl (C=O) groups is 2. The molecule has 0 radical (unpaired) electrons. The summed E-state index contributed by atoms with van der Waals surface area (Å²) in [6.07, 6.45) is 5.54. The lowest BCUT2D eigenvalue weighted by Gasteiger charge is -2.27. The maximum atomic E-state index is 12.7. The van der Waals surface area contributed by atoms with Gasteiger partial charge in [-0.25, -0.2) is 4.79 Å². The summed E-state index contributed by atoms with van der Waals surface area (Å²) in [7, 11) is 2.86. The molecule has 1 aromatic rings. The number of nitrogens with one attached hydrogen (secondary N) is 1. The van der Waals surface area contributed by atoms with E-state index in [0.717, 1.165) is 32.1 Å². The number of methoxy groups -OCH3 is 2. The first-order chi connectivity index (χ1) is 12.9. The molecule has 6 nitrogen and oxygen atoms in total. The molecule has 0 saturated carbocycles. The Morgan fingerprint density at radius 3 is 2.37 bits per heavy atom. The predicted octanol–water partition coefficient (Wildman–Crippen LogP) is 4.58. The Hall–Kier alpha value is -2.08. The van der Waals surface area contributed by atoms with E-state index in [2.05, 4.69) is 19.2 Å². The largest absolute Gasteiger partial charge is 0.493 e. The van der Waals surface area contributed by atoms with Crippen molar-refractivity contribution in [2.75, 3.05) is 26.1 Å². The van der Waals surface area contributed by atoms with E-state index in [0.29, 0.717) is 24.5 Å². The normalized spacial score (nSPS) is 12.9. The number of esters is 1. The first-order valence-corrected chi connectivity index (χ1v) is 9.63. The van der Waals surface area contributed by atoms with E-state index in [9.17, 15) is 9.59 Å². The number of amides is 1. The van der Waals surface area contributed by atoms with Crippen molar-refractivity contribution in [3.63, 3.8) is 0 Å². The molecule has 0 fully saturated rings. The van der Waals surface area contributed by atoms with Gasteiger partial charge in [-0.3, -0.25) is 4.79 Å². The van der Waals surface area contributed by atoms with Crippen molar-refractivity contribution in [3.05, 3.63) is 23.8 Å². The predicted molar refractivity (Wildman–Crippen MR) is 106 cm³/mol. The Morgan fingerprint density at radius 1 is 1.07 bits per heavy atom. The molecule has 1 aromatic carbocycles. The van der Waals surface area contributed by atoms with Crippen LogP contribution in [0.3, 0.4) is 0 Å². The fourth-order valence-corrected chi connectivity index (χ4v) is 2.61. The number of unbranched alkanes of at least 4 members (excludes halogenated alkanes) is 3. The van der Waals surface area contributed by atoms with Crippen molar-refractivity contribution in [1.82, 2.24) is 0 Å². The van der Waals surface area contributed by atoms with Gasteiger partial charge in [0.1, 0.15) is 16.9 Å². The topological polar surface area (TPSA) is 73.9 Å². The van der Waals surface area contributed by atoms with Crippen molar-refractivity contribution in [2.45, 2.75) is 64.9 Å². The highest BCUT2D eigenvalue weighted by Crippen LogP contribution is 2.26. The Kier molecular flexibility index (Phi) is 9.86. The highest BCUT2D eigenvalue weighted by molar-refractivity contribution is 5.99. The van der Waals surface area contributed by atoms with Crippen molar-refractivity contribution in [1.29, 1.82) is 0 Å². The van der Waals surface area contributed by atoms with Crippen molar-refractivity contribution in [2.24, 2.45) is 0 Å². The number of hydrogen-bond acceptors (Lipinski definition) is 5. The van der Waals surface area contributed by atoms with Gasteiger partial charge in [-0.2, -0.15) is 0 Å². The van der Waals surface area contributed by atoms with Crippen LogP contribution in [0.2, 0.25) is 0 Å². The molecule has 0 saturated heterocycles.